The molecule has 1 aliphatic rings. The Bertz CT molecular complexity index is 1280. The molecular formula is C22H19F5N2O6. The van der Waals surface area contributed by atoms with Crippen LogP contribution in [-0.2, 0) is 11.4 Å². The van der Waals surface area contributed by atoms with E-state index in [9.17, 15) is 26.7 Å². The largest absolute Gasteiger partial charge is 0.512 e. The van der Waals surface area contributed by atoms with Crippen molar-refractivity contribution in [3.8, 4) is 11.6 Å². The highest BCUT2D eigenvalue weighted by molar-refractivity contribution is 5.73. The zero-order valence-electron chi connectivity index (χ0n) is 18.3. The summed E-state index contributed by atoms with van der Waals surface area (Å²) in [4.78, 5) is 24.1. The van der Waals surface area contributed by atoms with Crippen LogP contribution in [0.25, 0.3) is 5.65 Å². The number of pyridine rings is 1. The van der Waals surface area contributed by atoms with Crippen molar-refractivity contribution in [1.29, 1.82) is 0 Å². The van der Waals surface area contributed by atoms with E-state index in [1.165, 1.54) is 16.5 Å². The molecule has 3 aromatic rings. The monoisotopic (exact) mass is 502 g/mol. The molecule has 0 bridgehead atoms. The van der Waals surface area contributed by atoms with E-state index >= 15 is 0 Å². The van der Waals surface area contributed by atoms with Gasteiger partial charge in [-0.1, -0.05) is 6.07 Å². The first kappa shape index (κ1) is 25.7. The molecule has 0 radical (unpaired) electrons. The number of carboxylic acid groups (broad SMARTS) is 2. The zero-order chi connectivity index (χ0) is 26.1. The first-order valence-electron chi connectivity index (χ1n) is 10.1. The molecule has 188 valence electrons. The van der Waals surface area contributed by atoms with Gasteiger partial charge in [0.05, 0.1) is 5.56 Å². The van der Waals surface area contributed by atoms with Crippen LogP contribution in [0.2, 0.25) is 0 Å². The molecule has 8 nitrogen and oxygen atoms in total. The Kier molecular flexibility index (Phi) is 7.17. The Balaban J connectivity index is 0.000000429. The van der Waals surface area contributed by atoms with E-state index in [0.29, 0.717) is 16.9 Å². The standard InChI is InChI=1S/C20H18F2N2O4.C2HF3O2/c1-10-7-16(18-23-11(2)19(24(18)8-10)28-20(25)26)27-9-14-15(21)6-5-13(17(14)22)12-3-4-12;3-2(4,5)1(6)7/h5-8,12H,3-4,9H2,1-2H3,(H,25,26);(H,6,7). The number of benzene rings is 1. The Labute approximate surface area is 194 Å². The van der Waals surface area contributed by atoms with Crippen LogP contribution in [0.3, 0.4) is 0 Å². The number of hydrogen-bond donors (Lipinski definition) is 2. The fraction of sp³-hybridized carbons (Fsp3) is 0.318. The molecule has 1 aliphatic carbocycles. The number of aryl methyl sites for hydroxylation is 2. The Morgan fingerprint density at radius 2 is 1.80 bits per heavy atom. The second kappa shape index (κ2) is 9.76. The number of rotatable bonds is 5. The number of alkyl halides is 3. The lowest BCUT2D eigenvalue weighted by molar-refractivity contribution is -0.192. The van der Waals surface area contributed by atoms with Crippen LogP contribution in [0.5, 0.6) is 11.6 Å². The van der Waals surface area contributed by atoms with Crippen LogP contribution in [0, 0.1) is 25.5 Å². The Morgan fingerprint density at radius 3 is 2.34 bits per heavy atom. The summed E-state index contributed by atoms with van der Waals surface area (Å²) < 4.78 is 72.6. The van der Waals surface area contributed by atoms with Crippen molar-refractivity contribution in [1.82, 2.24) is 9.38 Å². The minimum Gasteiger partial charge on any atom is -0.485 e. The van der Waals surface area contributed by atoms with Crippen molar-refractivity contribution < 1.29 is 51.2 Å². The van der Waals surface area contributed by atoms with Gasteiger partial charge in [0.2, 0.25) is 5.88 Å². The summed E-state index contributed by atoms with van der Waals surface area (Å²) in [5.74, 6) is -3.52. The Morgan fingerprint density at radius 1 is 1.17 bits per heavy atom. The van der Waals surface area contributed by atoms with Gasteiger partial charge in [0.15, 0.2) is 11.4 Å². The maximum atomic E-state index is 14.7. The van der Waals surface area contributed by atoms with Crippen LogP contribution < -0.4 is 9.47 Å². The van der Waals surface area contributed by atoms with Gasteiger partial charge in [0.25, 0.3) is 0 Å². The quantitative estimate of drug-likeness (QED) is 0.356. The maximum Gasteiger partial charge on any atom is 0.512 e. The van der Waals surface area contributed by atoms with Gasteiger partial charge in [0, 0.05) is 6.20 Å². The normalized spacial score (nSPS) is 13.2. The highest BCUT2D eigenvalue weighted by atomic mass is 19.4. The molecule has 0 saturated heterocycles. The molecule has 0 atom stereocenters. The number of fused-ring (bicyclic) bond motifs is 1. The molecule has 2 heterocycles. The van der Waals surface area contributed by atoms with Crippen LogP contribution >= 0.6 is 0 Å². The number of carbonyl (C=O) groups is 2. The molecule has 4 rings (SSSR count). The number of aromatic nitrogens is 2. The Hall–Kier alpha value is -3.90. The summed E-state index contributed by atoms with van der Waals surface area (Å²) in [6.45, 7) is 3.07. The van der Waals surface area contributed by atoms with E-state index < -0.39 is 29.9 Å². The fourth-order valence-corrected chi connectivity index (χ4v) is 3.26. The van der Waals surface area contributed by atoms with Gasteiger partial charge in [-0.15, -0.1) is 0 Å². The third-order valence-corrected chi connectivity index (χ3v) is 4.97. The summed E-state index contributed by atoms with van der Waals surface area (Å²) in [6.07, 6.45) is -3.09. The van der Waals surface area contributed by atoms with E-state index in [-0.39, 0.29) is 29.7 Å². The van der Waals surface area contributed by atoms with Gasteiger partial charge >= 0.3 is 18.3 Å². The summed E-state index contributed by atoms with van der Waals surface area (Å²) in [5, 5.41) is 16.0. The predicted molar refractivity (Wildman–Crippen MR) is 110 cm³/mol. The lowest BCUT2D eigenvalue weighted by Crippen LogP contribution is -2.21. The van der Waals surface area contributed by atoms with E-state index in [0.717, 1.165) is 18.4 Å². The van der Waals surface area contributed by atoms with Gasteiger partial charge < -0.3 is 19.7 Å². The number of nitrogens with zero attached hydrogens (tertiary/aromatic N) is 2. The van der Waals surface area contributed by atoms with Gasteiger partial charge in [0.1, 0.15) is 23.9 Å². The maximum absolute atomic E-state index is 14.7. The lowest BCUT2D eigenvalue weighted by atomic mass is 10.1. The first-order chi connectivity index (χ1) is 16.3. The van der Waals surface area contributed by atoms with Crippen LogP contribution in [-0.4, -0.2) is 37.9 Å². The van der Waals surface area contributed by atoms with Gasteiger partial charge in [-0.2, -0.15) is 13.2 Å². The number of hydrogen-bond acceptors (Lipinski definition) is 5. The molecule has 1 saturated carbocycles. The molecule has 13 heteroatoms. The van der Waals surface area contributed by atoms with E-state index in [1.54, 1.807) is 26.1 Å². The third-order valence-electron chi connectivity index (χ3n) is 4.97. The molecule has 35 heavy (non-hydrogen) atoms. The van der Waals surface area contributed by atoms with Crippen molar-refractivity contribution >= 4 is 17.8 Å². The minimum absolute atomic E-state index is 0.0455. The van der Waals surface area contributed by atoms with E-state index in [2.05, 4.69) is 4.98 Å². The molecule has 0 amide bonds. The average molecular weight is 502 g/mol. The number of halogens is 5. The highest BCUT2D eigenvalue weighted by Crippen LogP contribution is 2.42. The van der Waals surface area contributed by atoms with Gasteiger partial charge in [-0.3, -0.25) is 4.40 Å². The second-order valence-corrected chi connectivity index (χ2v) is 7.74. The van der Waals surface area contributed by atoms with Crippen molar-refractivity contribution in [2.45, 2.75) is 45.4 Å². The molecule has 2 N–H and O–H groups in total. The molecule has 1 aromatic carbocycles. The number of aliphatic carboxylic acids is 1. The van der Waals surface area contributed by atoms with Crippen molar-refractivity contribution in [3.05, 3.63) is 58.4 Å². The average Bonchev–Trinajstić information content (AvgIpc) is 3.53. The summed E-state index contributed by atoms with van der Waals surface area (Å²) in [5.41, 5.74) is 1.78. The SMILES string of the molecule is Cc1cc(OCc2c(F)ccc(C3CC3)c2F)c2nc(C)c(OC(=O)O)n2c1.O=C(O)C(F)(F)F. The van der Waals surface area contributed by atoms with Crippen LogP contribution in [0.1, 0.15) is 41.1 Å². The lowest BCUT2D eigenvalue weighted by Gasteiger charge is -2.12. The predicted octanol–water partition coefficient (Wildman–Crippen LogP) is 5.38. The molecule has 1 fully saturated rings. The first-order valence-corrected chi connectivity index (χ1v) is 10.1. The second-order valence-electron chi connectivity index (χ2n) is 7.74. The molecule has 0 aliphatic heterocycles. The molecular weight excluding hydrogens is 483 g/mol. The number of imidazole rings is 1. The van der Waals surface area contributed by atoms with Gasteiger partial charge in [-0.05, 0) is 55.9 Å². The number of carboxylic acids is 1. The van der Waals surface area contributed by atoms with E-state index in [4.69, 9.17) is 24.5 Å². The zero-order valence-corrected chi connectivity index (χ0v) is 18.3. The summed E-state index contributed by atoms with van der Waals surface area (Å²) in [6, 6.07) is 4.43. The smallest absolute Gasteiger partial charge is 0.485 e. The summed E-state index contributed by atoms with van der Waals surface area (Å²) in [7, 11) is 0. The highest BCUT2D eigenvalue weighted by Gasteiger charge is 2.38. The van der Waals surface area contributed by atoms with Crippen molar-refractivity contribution in [2.24, 2.45) is 0 Å². The molecule has 0 spiro atoms. The number of ether oxygens (including phenoxy) is 2. The molecule has 0 unspecified atom stereocenters. The minimum atomic E-state index is -5.08. The third kappa shape index (κ3) is 5.97. The topological polar surface area (TPSA) is 110 Å². The van der Waals surface area contributed by atoms with Crippen LogP contribution in [0.4, 0.5) is 26.7 Å². The van der Waals surface area contributed by atoms with E-state index in [1.807, 2.05) is 0 Å². The fourth-order valence-electron chi connectivity index (χ4n) is 3.26. The van der Waals surface area contributed by atoms with Gasteiger partial charge in [-0.25, -0.2) is 23.4 Å². The van der Waals surface area contributed by atoms with Crippen LogP contribution in [0.15, 0.2) is 24.4 Å². The van der Waals surface area contributed by atoms with Crippen molar-refractivity contribution in [2.75, 3.05) is 0 Å². The molecule has 2 aromatic heterocycles. The summed E-state index contributed by atoms with van der Waals surface area (Å²) >= 11 is 0. The van der Waals surface area contributed by atoms with Crippen molar-refractivity contribution in [3.63, 3.8) is 0 Å².